The molecule has 0 aliphatic heterocycles. The van der Waals surface area contributed by atoms with Crippen LogP contribution in [0.1, 0.15) is 24.0 Å². The van der Waals surface area contributed by atoms with Crippen molar-refractivity contribution >= 4 is 16.7 Å². The number of aromatic hydroxyl groups is 1. The summed E-state index contributed by atoms with van der Waals surface area (Å²) >= 11 is 0. The lowest BCUT2D eigenvalue weighted by Gasteiger charge is -2.14. The predicted octanol–water partition coefficient (Wildman–Crippen LogP) is 4.02. The van der Waals surface area contributed by atoms with Crippen molar-refractivity contribution in [2.75, 3.05) is 13.7 Å². The fourth-order valence-corrected chi connectivity index (χ4v) is 2.94. The van der Waals surface area contributed by atoms with E-state index >= 15 is 0 Å². The number of benzene rings is 3. The maximum atomic E-state index is 12.5. The maximum Gasteiger partial charge on any atom is 0.227 e. The van der Waals surface area contributed by atoms with Gasteiger partial charge in [-0.25, -0.2) is 0 Å². The van der Waals surface area contributed by atoms with Crippen molar-refractivity contribution in [3.63, 3.8) is 0 Å². The van der Waals surface area contributed by atoms with Gasteiger partial charge in [-0.2, -0.15) is 0 Å². The van der Waals surface area contributed by atoms with E-state index in [4.69, 9.17) is 4.74 Å². The van der Waals surface area contributed by atoms with E-state index in [-0.39, 0.29) is 17.6 Å². The first-order valence-electron chi connectivity index (χ1n) is 8.70. The van der Waals surface area contributed by atoms with Crippen molar-refractivity contribution in [2.45, 2.75) is 19.3 Å². The van der Waals surface area contributed by atoms with Crippen LogP contribution >= 0.6 is 0 Å². The zero-order chi connectivity index (χ0) is 18.5. The second kappa shape index (κ2) is 7.91. The molecule has 0 heterocycles. The molecule has 0 spiro atoms. The minimum absolute atomic E-state index is 0.0108. The molecule has 0 aliphatic rings. The van der Waals surface area contributed by atoms with Gasteiger partial charge in [0.1, 0.15) is 11.5 Å². The number of amides is 1. The Balaban J connectivity index is 1.62. The first kappa shape index (κ1) is 17.8. The van der Waals surface area contributed by atoms with Gasteiger partial charge in [0.05, 0.1) is 13.0 Å². The van der Waals surface area contributed by atoms with E-state index in [0.29, 0.717) is 6.54 Å². The van der Waals surface area contributed by atoms with Gasteiger partial charge in [-0.1, -0.05) is 36.4 Å². The van der Waals surface area contributed by atoms with Crippen LogP contribution in [0.5, 0.6) is 11.5 Å². The van der Waals surface area contributed by atoms with Crippen molar-refractivity contribution < 1.29 is 14.6 Å². The van der Waals surface area contributed by atoms with E-state index in [1.807, 2.05) is 49.4 Å². The Morgan fingerprint density at radius 1 is 1.04 bits per heavy atom. The number of phenols is 1. The number of carbonyl (C=O) groups excluding carboxylic acids is 1. The molecule has 3 rings (SSSR count). The van der Waals surface area contributed by atoms with Crippen molar-refractivity contribution in [3.05, 3.63) is 71.8 Å². The van der Waals surface area contributed by atoms with Crippen molar-refractivity contribution in [1.29, 1.82) is 0 Å². The maximum absolute atomic E-state index is 12.5. The average molecular weight is 349 g/mol. The normalized spacial score (nSPS) is 11.9. The highest BCUT2D eigenvalue weighted by Crippen LogP contribution is 2.25. The number of rotatable bonds is 6. The van der Waals surface area contributed by atoms with Crippen LogP contribution in [0.4, 0.5) is 0 Å². The van der Waals surface area contributed by atoms with Crippen LogP contribution in [0.25, 0.3) is 10.8 Å². The number of methoxy groups -OCH3 is 1. The Hall–Kier alpha value is -3.01. The monoisotopic (exact) mass is 349 g/mol. The molecular weight excluding hydrogens is 326 g/mol. The van der Waals surface area contributed by atoms with E-state index in [2.05, 4.69) is 11.4 Å². The molecule has 0 aromatic heterocycles. The summed E-state index contributed by atoms with van der Waals surface area (Å²) in [6.07, 6.45) is 0.732. The molecule has 0 bridgehead atoms. The molecule has 3 aromatic carbocycles. The Morgan fingerprint density at radius 3 is 2.46 bits per heavy atom. The topological polar surface area (TPSA) is 58.6 Å². The Kier molecular flexibility index (Phi) is 5.42. The van der Waals surface area contributed by atoms with Crippen molar-refractivity contribution in [3.8, 4) is 11.5 Å². The number of hydrogen-bond donors (Lipinski definition) is 2. The van der Waals surface area contributed by atoms with Gasteiger partial charge in [-0.05, 0) is 59.5 Å². The van der Waals surface area contributed by atoms with Crippen molar-refractivity contribution in [2.24, 2.45) is 0 Å². The second-order valence-electron chi connectivity index (χ2n) is 6.40. The lowest BCUT2D eigenvalue weighted by Crippen LogP contribution is -2.29. The Morgan fingerprint density at radius 2 is 1.73 bits per heavy atom. The van der Waals surface area contributed by atoms with E-state index in [1.165, 1.54) is 0 Å². The zero-order valence-corrected chi connectivity index (χ0v) is 15.0. The average Bonchev–Trinajstić information content (AvgIpc) is 2.68. The summed E-state index contributed by atoms with van der Waals surface area (Å²) in [6, 6.07) is 19.0. The molecular formula is C22H23NO3. The molecule has 2 N–H and O–H groups in total. The highest BCUT2D eigenvalue weighted by atomic mass is 16.5. The van der Waals surface area contributed by atoms with Crippen LogP contribution in [-0.2, 0) is 11.2 Å². The number of fused-ring (bicyclic) bond motifs is 1. The summed E-state index contributed by atoms with van der Waals surface area (Å²) in [6.45, 7) is 2.49. The SMILES string of the molecule is COc1ccc2cc([C@H](C)C(=O)NCCc3ccc(O)cc3)ccc2c1. The van der Waals surface area contributed by atoms with E-state index in [1.54, 1.807) is 19.2 Å². The first-order valence-corrected chi connectivity index (χ1v) is 8.70. The lowest BCUT2D eigenvalue weighted by molar-refractivity contribution is -0.122. The van der Waals surface area contributed by atoms with Crippen LogP contribution in [0.3, 0.4) is 0 Å². The number of ether oxygens (including phenoxy) is 1. The first-order chi connectivity index (χ1) is 12.6. The quantitative estimate of drug-likeness (QED) is 0.707. The molecule has 0 aliphatic carbocycles. The molecule has 4 heteroatoms. The molecule has 4 nitrogen and oxygen atoms in total. The molecule has 134 valence electrons. The van der Waals surface area contributed by atoms with Gasteiger partial charge in [-0.15, -0.1) is 0 Å². The molecule has 0 saturated heterocycles. The largest absolute Gasteiger partial charge is 0.508 e. The molecule has 0 fully saturated rings. The van der Waals surface area contributed by atoms with Gasteiger partial charge in [0, 0.05) is 6.54 Å². The fraction of sp³-hybridized carbons (Fsp3) is 0.227. The fourth-order valence-electron chi connectivity index (χ4n) is 2.94. The number of carbonyl (C=O) groups is 1. The summed E-state index contributed by atoms with van der Waals surface area (Å²) in [5, 5.41) is 14.5. The van der Waals surface area contributed by atoms with Crippen LogP contribution in [0.15, 0.2) is 60.7 Å². The summed E-state index contributed by atoms with van der Waals surface area (Å²) in [5.41, 5.74) is 2.07. The molecule has 0 unspecified atom stereocenters. The second-order valence-corrected chi connectivity index (χ2v) is 6.40. The number of nitrogens with one attached hydrogen (secondary N) is 1. The van der Waals surface area contributed by atoms with Gasteiger partial charge < -0.3 is 15.2 Å². The molecule has 1 atom stereocenters. The summed E-state index contributed by atoms with van der Waals surface area (Å²) in [4.78, 5) is 12.5. The minimum atomic E-state index is -0.221. The smallest absolute Gasteiger partial charge is 0.227 e. The third-order valence-corrected chi connectivity index (χ3v) is 4.61. The summed E-state index contributed by atoms with van der Waals surface area (Å²) in [5.74, 6) is 0.864. The van der Waals surface area contributed by atoms with Gasteiger partial charge >= 0.3 is 0 Å². The molecule has 1 amide bonds. The van der Waals surface area contributed by atoms with Crippen LogP contribution < -0.4 is 10.1 Å². The third-order valence-electron chi connectivity index (χ3n) is 4.61. The lowest BCUT2D eigenvalue weighted by atomic mass is 9.97. The third kappa shape index (κ3) is 4.14. The number of hydrogen-bond acceptors (Lipinski definition) is 3. The van der Waals surface area contributed by atoms with E-state index in [0.717, 1.165) is 34.1 Å². The van der Waals surface area contributed by atoms with Crippen molar-refractivity contribution in [1.82, 2.24) is 5.32 Å². The van der Waals surface area contributed by atoms with Gasteiger partial charge in [0.25, 0.3) is 0 Å². The Labute approximate surface area is 153 Å². The van der Waals surface area contributed by atoms with Gasteiger partial charge in [-0.3, -0.25) is 4.79 Å². The predicted molar refractivity (Wildman–Crippen MR) is 104 cm³/mol. The summed E-state index contributed by atoms with van der Waals surface area (Å²) in [7, 11) is 1.65. The summed E-state index contributed by atoms with van der Waals surface area (Å²) < 4.78 is 5.25. The van der Waals surface area contributed by atoms with Gasteiger partial charge in [0.2, 0.25) is 5.91 Å². The Bertz CT molecular complexity index is 903. The van der Waals surface area contributed by atoms with E-state index in [9.17, 15) is 9.90 Å². The van der Waals surface area contributed by atoms with Crippen LogP contribution in [0.2, 0.25) is 0 Å². The molecule has 3 aromatic rings. The highest BCUT2D eigenvalue weighted by molar-refractivity contribution is 5.88. The molecule has 0 radical (unpaired) electrons. The van der Waals surface area contributed by atoms with Crippen LogP contribution in [0, 0.1) is 0 Å². The zero-order valence-electron chi connectivity index (χ0n) is 15.0. The molecule has 26 heavy (non-hydrogen) atoms. The minimum Gasteiger partial charge on any atom is -0.508 e. The van der Waals surface area contributed by atoms with Gasteiger partial charge in [0.15, 0.2) is 0 Å². The highest BCUT2D eigenvalue weighted by Gasteiger charge is 2.15. The number of phenolic OH excluding ortho intramolecular Hbond substituents is 1. The standard InChI is InChI=1S/C22H23NO3/c1-15(22(25)23-12-11-16-3-8-20(24)9-4-16)17-5-6-19-14-21(26-2)10-7-18(19)13-17/h3-10,13-15,24H,11-12H2,1-2H3,(H,23,25)/t15-/m0/s1. The van der Waals surface area contributed by atoms with Crippen LogP contribution in [-0.4, -0.2) is 24.7 Å². The van der Waals surface area contributed by atoms with E-state index < -0.39 is 0 Å². The molecule has 0 saturated carbocycles.